The van der Waals surface area contributed by atoms with E-state index in [9.17, 15) is 13.2 Å². The van der Waals surface area contributed by atoms with E-state index < -0.39 is 11.6 Å². The van der Waals surface area contributed by atoms with E-state index >= 15 is 0 Å². The number of methoxy groups -OCH3 is 1. The fourth-order valence-corrected chi connectivity index (χ4v) is 4.35. The lowest BCUT2D eigenvalue weighted by molar-refractivity contribution is -0.186. The average molecular weight is 395 g/mol. The van der Waals surface area contributed by atoms with Crippen molar-refractivity contribution in [2.75, 3.05) is 26.7 Å². The molecule has 2 aromatic rings. The van der Waals surface area contributed by atoms with Crippen LogP contribution in [0.15, 0.2) is 18.3 Å². The van der Waals surface area contributed by atoms with Gasteiger partial charge in [-0.3, -0.25) is 4.90 Å². The van der Waals surface area contributed by atoms with Gasteiger partial charge in [0.25, 0.3) is 0 Å². The van der Waals surface area contributed by atoms with Crippen LogP contribution < -0.4 is 10.1 Å². The average Bonchev–Trinajstić information content (AvgIpc) is 3.31. The number of halogens is 3. The van der Waals surface area contributed by atoms with Gasteiger partial charge < -0.3 is 15.0 Å². The first-order chi connectivity index (χ1) is 13.3. The number of likely N-dealkylation sites (tertiary alicyclic amines) is 1. The third kappa shape index (κ3) is 3.62. The number of hydrogen-bond acceptors (Lipinski definition) is 3. The van der Waals surface area contributed by atoms with Crippen molar-refractivity contribution in [3.8, 4) is 5.75 Å². The van der Waals surface area contributed by atoms with E-state index in [1.807, 2.05) is 6.20 Å². The molecule has 1 saturated carbocycles. The Kier molecular flexibility index (Phi) is 5.08. The predicted octanol–water partition coefficient (Wildman–Crippen LogP) is 4.38. The first-order valence-corrected chi connectivity index (χ1v) is 9.99. The summed E-state index contributed by atoms with van der Waals surface area (Å²) < 4.78 is 44.9. The van der Waals surface area contributed by atoms with Gasteiger partial charge in [0.15, 0.2) is 0 Å². The Bertz CT molecular complexity index is 833. The highest BCUT2D eigenvalue weighted by molar-refractivity contribution is 5.88. The quantitative estimate of drug-likeness (QED) is 0.763. The van der Waals surface area contributed by atoms with E-state index in [0.717, 1.165) is 49.3 Å². The van der Waals surface area contributed by atoms with E-state index in [2.05, 4.69) is 34.3 Å². The standard InChI is InChI=1S/C21H28F3N3O/c1-14-11-18(28-2)17(16-3-8-25-19(14)16)12-27-9-4-15(5-10-27)26-13-20(6-7-20)21(22,23)24/h3,8,11,15,25-26H,4-7,9-10,12-13H2,1-2H3. The van der Waals surface area contributed by atoms with Crippen LogP contribution in [0.2, 0.25) is 0 Å². The van der Waals surface area contributed by atoms with E-state index in [-0.39, 0.29) is 25.4 Å². The summed E-state index contributed by atoms with van der Waals surface area (Å²) in [5.74, 6) is 0.894. The second kappa shape index (κ2) is 7.26. The zero-order valence-electron chi connectivity index (χ0n) is 16.5. The third-order valence-corrected chi connectivity index (χ3v) is 6.48. The van der Waals surface area contributed by atoms with Gasteiger partial charge >= 0.3 is 6.18 Å². The fourth-order valence-electron chi connectivity index (χ4n) is 4.35. The lowest BCUT2D eigenvalue weighted by atomic mass is 10.00. The van der Waals surface area contributed by atoms with Crippen molar-refractivity contribution < 1.29 is 17.9 Å². The maximum atomic E-state index is 13.1. The lowest BCUT2D eigenvalue weighted by Crippen LogP contribution is -2.46. The Balaban J connectivity index is 1.36. The SMILES string of the molecule is COc1cc(C)c2[nH]ccc2c1CN1CCC(NCC2(C(F)(F)F)CC2)CC1. The molecule has 2 heterocycles. The van der Waals surface area contributed by atoms with Crippen molar-refractivity contribution in [1.29, 1.82) is 0 Å². The van der Waals surface area contributed by atoms with Gasteiger partial charge in [-0.1, -0.05) is 0 Å². The van der Waals surface area contributed by atoms with E-state index in [0.29, 0.717) is 0 Å². The van der Waals surface area contributed by atoms with Crippen LogP contribution in [0, 0.1) is 12.3 Å². The Labute approximate surface area is 163 Å². The number of fused-ring (bicyclic) bond motifs is 1. The molecule has 2 fully saturated rings. The molecule has 4 nitrogen and oxygen atoms in total. The Morgan fingerprint density at radius 1 is 1.29 bits per heavy atom. The molecule has 0 bridgehead atoms. The van der Waals surface area contributed by atoms with Crippen molar-refractivity contribution in [3.63, 3.8) is 0 Å². The first kappa shape index (κ1) is 19.6. The van der Waals surface area contributed by atoms with Gasteiger partial charge in [-0.25, -0.2) is 0 Å². The van der Waals surface area contributed by atoms with E-state index in [1.54, 1.807) is 7.11 Å². The van der Waals surface area contributed by atoms with Crippen molar-refractivity contribution in [3.05, 3.63) is 29.5 Å². The van der Waals surface area contributed by atoms with Crippen LogP contribution in [0.3, 0.4) is 0 Å². The number of piperidine rings is 1. The van der Waals surface area contributed by atoms with Gasteiger partial charge in [-0.2, -0.15) is 13.2 Å². The van der Waals surface area contributed by atoms with E-state index in [4.69, 9.17) is 4.74 Å². The van der Waals surface area contributed by atoms with Crippen molar-refractivity contribution in [2.24, 2.45) is 5.41 Å². The first-order valence-electron chi connectivity index (χ1n) is 9.99. The second-order valence-corrected chi connectivity index (χ2v) is 8.35. The fraction of sp³-hybridized carbons (Fsp3) is 0.619. The summed E-state index contributed by atoms with van der Waals surface area (Å²) >= 11 is 0. The zero-order chi connectivity index (χ0) is 19.9. The van der Waals surface area contributed by atoms with Gasteiger partial charge in [-0.05, 0) is 63.4 Å². The minimum Gasteiger partial charge on any atom is -0.496 e. The summed E-state index contributed by atoms with van der Waals surface area (Å²) in [6.45, 7) is 4.67. The zero-order valence-corrected chi connectivity index (χ0v) is 16.5. The predicted molar refractivity (Wildman–Crippen MR) is 104 cm³/mol. The molecular weight excluding hydrogens is 367 g/mol. The minimum absolute atomic E-state index is 0.0664. The minimum atomic E-state index is -4.08. The molecule has 1 aromatic heterocycles. The maximum absolute atomic E-state index is 13.1. The molecule has 0 spiro atoms. The molecule has 0 amide bonds. The number of ether oxygens (including phenoxy) is 1. The molecule has 0 radical (unpaired) electrons. The molecule has 154 valence electrons. The molecule has 1 aliphatic heterocycles. The normalized spacial score (nSPS) is 20.6. The summed E-state index contributed by atoms with van der Waals surface area (Å²) in [5.41, 5.74) is 2.00. The molecule has 1 saturated heterocycles. The molecular formula is C21H28F3N3O. The van der Waals surface area contributed by atoms with E-state index in [1.165, 1.54) is 10.9 Å². The van der Waals surface area contributed by atoms with Gasteiger partial charge in [0.2, 0.25) is 0 Å². The molecule has 2 N–H and O–H groups in total. The van der Waals surface area contributed by atoms with Crippen molar-refractivity contribution >= 4 is 10.9 Å². The summed E-state index contributed by atoms with van der Waals surface area (Å²) in [6.07, 6.45) is 0.150. The number of nitrogens with one attached hydrogen (secondary N) is 2. The molecule has 0 unspecified atom stereocenters. The third-order valence-electron chi connectivity index (χ3n) is 6.48. The number of H-pyrrole nitrogens is 1. The number of rotatable bonds is 6. The molecule has 4 rings (SSSR count). The highest BCUT2D eigenvalue weighted by atomic mass is 19.4. The number of alkyl halides is 3. The molecule has 7 heteroatoms. The Hall–Kier alpha value is -1.73. The van der Waals surface area contributed by atoms with Crippen LogP contribution >= 0.6 is 0 Å². The molecule has 2 aliphatic rings. The summed E-state index contributed by atoms with van der Waals surface area (Å²) in [6, 6.07) is 4.32. The molecule has 1 aromatic carbocycles. The number of aryl methyl sites for hydroxylation is 1. The number of benzene rings is 1. The summed E-state index contributed by atoms with van der Waals surface area (Å²) in [7, 11) is 1.70. The highest BCUT2D eigenvalue weighted by Crippen LogP contribution is 2.57. The second-order valence-electron chi connectivity index (χ2n) is 8.35. The van der Waals surface area contributed by atoms with Gasteiger partial charge in [-0.15, -0.1) is 0 Å². The van der Waals surface area contributed by atoms with Crippen LogP contribution in [-0.4, -0.2) is 48.8 Å². The number of hydrogen-bond donors (Lipinski definition) is 2. The monoisotopic (exact) mass is 395 g/mol. The lowest BCUT2D eigenvalue weighted by Gasteiger charge is -2.34. The summed E-state index contributed by atoms with van der Waals surface area (Å²) in [5, 5.41) is 4.37. The Morgan fingerprint density at radius 3 is 2.61 bits per heavy atom. The van der Waals surface area contributed by atoms with Crippen LogP contribution in [0.1, 0.15) is 36.8 Å². The number of aromatic nitrogens is 1. The topological polar surface area (TPSA) is 40.3 Å². The van der Waals surface area contributed by atoms with Crippen molar-refractivity contribution in [1.82, 2.24) is 15.2 Å². The number of aromatic amines is 1. The van der Waals surface area contributed by atoms with Crippen LogP contribution in [0.5, 0.6) is 5.75 Å². The molecule has 0 atom stereocenters. The Morgan fingerprint density at radius 2 is 2.00 bits per heavy atom. The van der Waals surface area contributed by atoms with Gasteiger partial charge in [0.05, 0.1) is 12.5 Å². The van der Waals surface area contributed by atoms with Gasteiger partial charge in [0.1, 0.15) is 5.75 Å². The largest absolute Gasteiger partial charge is 0.496 e. The molecule has 1 aliphatic carbocycles. The summed E-state index contributed by atoms with van der Waals surface area (Å²) in [4.78, 5) is 5.67. The van der Waals surface area contributed by atoms with Crippen molar-refractivity contribution in [2.45, 2.75) is 51.4 Å². The smallest absolute Gasteiger partial charge is 0.395 e. The molecule has 28 heavy (non-hydrogen) atoms. The van der Waals surface area contributed by atoms with Crippen LogP contribution in [0.4, 0.5) is 13.2 Å². The van der Waals surface area contributed by atoms with Crippen LogP contribution in [-0.2, 0) is 6.54 Å². The van der Waals surface area contributed by atoms with Crippen LogP contribution in [0.25, 0.3) is 10.9 Å². The highest BCUT2D eigenvalue weighted by Gasteiger charge is 2.62. The number of nitrogens with zero attached hydrogens (tertiary/aromatic N) is 1. The maximum Gasteiger partial charge on any atom is 0.395 e. The van der Waals surface area contributed by atoms with Gasteiger partial charge in [0, 0.05) is 41.8 Å².